The quantitative estimate of drug-likeness (QED) is 0.0948. The Labute approximate surface area is 290 Å². The largest absolute Gasteiger partial charge is 0.478 e. The number of carboxylic acids is 1. The molecule has 0 fully saturated rings. The fraction of sp³-hybridized carbons (Fsp3) is 0. The third-order valence-corrected chi connectivity index (χ3v) is 11.3. The zero-order valence-electron chi connectivity index (χ0n) is 24.9. The highest BCUT2D eigenvalue weighted by atomic mass is 32.2. The summed E-state index contributed by atoms with van der Waals surface area (Å²) in [4.78, 5) is 33.4. The number of esters is 1. The molecular formula is C32H20F2N4O8S4. The first-order valence-corrected chi connectivity index (χ1v) is 18.7. The Kier molecular flexibility index (Phi) is 9.43. The van der Waals surface area contributed by atoms with Gasteiger partial charge in [-0.3, -0.25) is 9.44 Å². The number of carboxylic acid groups (broad SMARTS) is 1. The van der Waals surface area contributed by atoms with Crippen LogP contribution >= 0.6 is 22.7 Å². The van der Waals surface area contributed by atoms with E-state index in [1.807, 2.05) is 0 Å². The van der Waals surface area contributed by atoms with E-state index in [4.69, 9.17) is 4.74 Å². The number of halogens is 2. The van der Waals surface area contributed by atoms with Crippen molar-refractivity contribution in [1.29, 1.82) is 0 Å². The number of aromatic nitrogens is 2. The minimum Gasteiger partial charge on any atom is -0.478 e. The lowest BCUT2D eigenvalue weighted by Gasteiger charge is -2.13. The van der Waals surface area contributed by atoms with E-state index in [-0.39, 0.29) is 32.7 Å². The maximum Gasteiger partial charge on any atom is 0.345 e. The lowest BCUT2D eigenvalue weighted by molar-refractivity contribution is 0.0687. The number of nitrogens with zero attached hydrogens (tertiary/aromatic N) is 2. The maximum atomic E-state index is 13.3. The predicted octanol–water partition coefficient (Wildman–Crippen LogP) is 6.73. The molecule has 0 atom stereocenters. The number of thiazole rings is 2. The van der Waals surface area contributed by atoms with Gasteiger partial charge in [0, 0.05) is 28.0 Å². The van der Waals surface area contributed by atoms with E-state index in [2.05, 4.69) is 19.4 Å². The number of para-hydroxylation sites is 1. The SMILES string of the molecule is O=C(O)c1cc(NS(=O)(=O)c2csc(-c3ccc(F)cc3)n2)cc(OC(=O)c2ccccc2NS(=O)(=O)c2csc(-c3ccc(F)cc3)n2)c1. The zero-order valence-corrected chi connectivity index (χ0v) is 28.2. The molecule has 254 valence electrons. The molecule has 0 radical (unpaired) electrons. The molecule has 50 heavy (non-hydrogen) atoms. The predicted molar refractivity (Wildman–Crippen MR) is 181 cm³/mol. The van der Waals surface area contributed by atoms with Crippen LogP contribution in [-0.4, -0.2) is 43.8 Å². The maximum absolute atomic E-state index is 13.3. The van der Waals surface area contributed by atoms with Gasteiger partial charge in [0.2, 0.25) is 0 Å². The van der Waals surface area contributed by atoms with Crippen molar-refractivity contribution < 1.29 is 45.0 Å². The molecule has 4 aromatic carbocycles. The van der Waals surface area contributed by atoms with Gasteiger partial charge in [-0.05, 0) is 72.8 Å². The second-order valence-electron chi connectivity index (χ2n) is 10.2. The number of sulfonamides is 2. The molecule has 12 nitrogen and oxygen atoms in total. The monoisotopic (exact) mass is 754 g/mol. The van der Waals surface area contributed by atoms with Crippen LogP contribution in [0.1, 0.15) is 20.7 Å². The van der Waals surface area contributed by atoms with Crippen LogP contribution < -0.4 is 14.2 Å². The summed E-state index contributed by atoms with van der Waals surface area (Å²) in [5, 5.41) is 12.0. The van der Waals surface area contributed by atoms with Crippen molar-refractivity contribution in [2.45, 2.75) is 10.1 Å². The van der Waals surface area contributed by atoms with Gasteiger partial charge in [0.25, 0.3) is 20.0 Å². The van der Waals surface area contributed by atoms with Crippen LogP contribution in [-0.2, 0) is 20.0 Å². The van der Waals surface area contributed by atoms with Crippen LogP contribution in [0.2, 0.25) is 0 Å². The highest BCUT2D eigenvalue weighted by molar-refractivity contribution is 7.93. The van der Waals surface area contributed by atoms with Gasteiger partial charge in [-0.2, -0.15) is 16.8 Å². The average Bonchev–Trinajstić information content (AvgIpc) is 3.78. The van der Waals surface area contributed by atoms with Crippen LogP contribution in [0.15, 0.2) is 112 Å². The normalized spacial score (nSPS) is 11.6. The van der Waals surface area contributed by atoms with Crippen LogP contribution in [0.5, 0.6) is 5.75 Å². The topological polar surface area (TPSA) is 182 Å². The molecule has 3 N–H and O–H groups in total. The Morgan fingerprint density at radius 3 is 1.76 bits per heavy atom. The summed E-state index contributed by atoms with van der Waals surface area (Å²) in [7, 11) is -8.71. The Morgan fingerprint density at radius 2 is 1.22 bits per heavy atom. The van der Waals surface area contributed by atoms with Crippen molar-refractivity contribution in [2.75, 3.05) is 9.44 Å². The van der Waals surface area contributed by atoms with Crippen LogP contribution in [0.3, 0.4) is 0 Å². The number of anilines is 2. The van der Waals surface area contributed by atoms with Crippen LogP contribution in [0.25, 0.3) is 21.1 Å². The third-order valence-electron chi connectivity index (χ3n) is 6.71. The Hall–Kier alpha value is -5.56. The Bertz CT molecular complexity index is 2470. The van der Waals surface area contributed by atoms with Crippen molar-refractivity contribution in [3.8, 4) is 26.9 Å². The van der Waals surface area contributed by atoms with Gasteiger partial charge in [0.1, 0.15) is 27.4 Å². The number of hydrogen-bond donors (Lipinski definition) is 3. The van der Waals surface area contributed by atoms with Gasteiger partial charge in [-0.15, -0.1) is 22.7 Å². The molecule has 0 aliphatic heterocycles. The van der Waals surface area contributed by atoms with Crippen molar-refractivity contribution in [3.05, 3.63) is 125 Å². The molecule has 0 spiro atoms. The lowest BCUT2D eigenvalue weighted by Crippen LogP contribution is -2.18. The molecule has 0 saturated carbocycles. The molecule has 6 rings (SSSR count). The summed E-state index contributed by atoms with van der Waals surface area (Å²) in [6.07, 6.45) is 0. The third kappa shape index (κ3) is 7.68. The number of ether oxygens (including phenoxy) is 1. The second kappa shape index (κ2) is 13.7. The summed E-state index contributed by atoms with van der Waals surface area (Å²) in [5.41, 5.74) is -0.197. The van der Waals surface area contributed by atoms with Gasteiger partial charge in [0.15, 0.2) is 10.1 Å². The number of aromatic carboxylic acids is 1. The molecule has 18 heteroatoms. The number of nitrogens with one attached hydrogen (secondary N) is 2. The molecule has 0 amide bonds. The minimum atomic E-state index is -4.38. The molecule has 2 aromatic heterocycles. The van der Waals surface area contributed by atoms with Crippen molar-refractivity contribution >= 4 is 66.0 Å². The van der Waals surface area contributed by atoms with Crippen molar-refractivity contribution in [3.63, 3.8) is 0 Å². The molecule has 0 bridgehead atoms. The Balaban J connectivity index is 1.22. The summed E-state index contributed by atoms with van der Waals surface area (Å²) in [5.74, 6) is -3.89. The number of benzene rings is 4. The van der Waals surface area contributed by atoms with Gasteiger partial charge in [-0.25, -0.2) is 28.3 Å². The molecule has 0 unspecified atom stereocenters. The van der Waals surface area contributed by atoms with Crippen molar-refractivity contribution in [2.24, 2.45) is 0 Å². The minimum absolute atomic E-state index is 0.190. The highest BCUT2D eigenvalue weighted by Gasteiger charge is 2.24. The van der Waals surface area contributed by atoms with Gasteiger partial charge in [-0.1, -0.05) is 12.1 Å². The molecule has 6 aromatic rings. The van der Waals surface area contributed by atoms with Crippen LogP contribution in [0.4, 0.5) is 20.2 Å². The van der Waals surface area contributed by atoms with E-state index in [1.165, 1.54) is 83.6 Å². The Morgan fingerprint density at radius 1 is 0.700 bits per heavy atom. The van der Waals surface area contributed by atoms with Crippen LogP contribution in [0, 0.1) is 11.6 Å². The van der Waals surface area contributed by atoms with E-state index in [1.54, 1.807) is 0 Å². The van der Waals surface area contributed by atoms with Gasteiger partial charge >= 0.3 is 11.9 Å². The highest BCUT2D eigenvalue weighted by Crippen LogP contribution is 2.31. The fourth-order valence-electron chi connectivity index (χ4n) is 4.37. The summed E-state index contributed by atoms with van der Waals surface area (Å²) in [6.45, 7) is 0. The number of rotatable bonds is 11. The second-order valence-corrected chi connectivity index (χ2v) is 15.2. The van der Waals surface area contributed by atoms with Gasteiger partial charge in [0.05, 0.1) is 22.5 Å². The fourth-order valence-corrected chi connectivity index (χ4v) is 8.69. The molecule has 2 heterocycles. The zero-order chi connectivity index (χ0) is 35.6. The van der Waals surface area contributed by atoms with E-state index < -0.39 is 54.2 Å². The first-order valence-electron chi connectivity index (χ1n) is 14.0. The molecule has 0 saturated heterocycles. The van der Waals surface area contributed by atoms with E-state index in [0.29, 0.717) is 16.1 Å². The van der Waals surface area contributed by atoms with Gasteiger partial charge < -0.3 is 9.84 Å². The molecule has 0 aliphatic rings. The number of carbonyl (C=O) groups is 2. The standard InChI is InChI=1S/C32H20F2N4O8S4/c33-21-9-5-18(6-10-21)29-35-27(16-47-29)49(42,43)37-23-13-20(31(39)40)14-24(15-23)46-32(41)25-3-1-2-4-26(25)38-50(44,45)28-17-48-30(36-28)19-7-11-22(34)12-8-19/h1-17,37-38H,(H,39,40). The van der Waals surface area contributed by atoms with E-state index in [0.717, 1.165) is 40.9 Å². The van der Waals surface area contributed by atoms with E-state index >= 15 is 0 Å². The molecule has 0 aliphatic carbocycles. The number of hydrogen-bond acceptors (Lipinski definition) is 11. The summed E-state index contributed by atoms with van der Waals surface area (Å²) >= 11 is 2.00. The summed E-state index contributed by atoms with van der Waals surface area (Å²) < 4.78 is 89.3. The summed E-state index contributed by atoms with van der Waals surface area (Å²) in [6, 6.07) is 19.1. The average molecular weight is 755 g/mol. The smallest absolute Gasteiger partial charge is 0.345 e. The van der Waals surface area contributed by atoms with Crippen molar-refractivity contribution in [1.82, 2.24) is 9.97 Å². The molecular weight excluding hydrogens is 735 g/mol. The first kappa shape index (κ1) is 34.3. The lowest BCUT2D eigenvalue weighted by atomic mass is 10.1. The number of carbonyl (C=O) groups excluding carboxylic acids is 1. The first-order chi connectivity index (χ1) is 23.8. The van der Waals surface area contributed by atoms with E-state index in [9.17, 15) is 40.3 Å².